The number of benzene rings is 2. The van der Waals surface area contributed by atoms with E-state index in [1.165, 1.54) is 0 Å². The van der Waals surface area contributed by atoms with Crippen LogP contribution in [0.3, 0.4) is 0 Å². The molecule has 4 rings (SSSR count). The normalized spacial score (nSPS) is 15.6. The number of rotatable bonds is 2. The summed E-state index contributed by atoms with van der Waals surface area (Å²) in [7, 11) is 0. The van der Waals surface area contributed by atoms with E-state index in [4.69, 9.17) is 23.2 Å². The van der Waals surface area contributed by atoms with Crippen LogP contribution in [0.15, 0.2) is 47.4 Å². The standard InChI is InChI=1S/C19H14Cl2N2O2/c1-10-8-11-4-2-5-12-17(11)23(10)9-13(18(12)24)19(25)22-15-7-3-6-14(20)16(15)21/h2-7,9-10H,8H2,1H3,(H,22,25)/t10-/m0/s1. The summed E-state index contributed by atoms with van der Waals surface area (Å²) in [5.74, 6) is -0.496. The largest absolute Gasteiger partial charge is 0.343 e. The SMILES string of the molecule is C[C@H]1Cc2cccc3c(=O)c(C(=O)Nc4cccc(Cl)c4Cl)cn1c23. The van der Waals surface area contributed by atoms with Crippen molar-refractivity contribution in [1.29, 1.82) is 0 Å². The molecule has 25 heavy (non-hydrogen) atoms. The van der Waals surface area contributed by atoms with Gasteiger partial charge in [-0.2, -0.15) is 0 Å². The summed E-state index contributed by atoms with van der Waals surface area (Å²) in [6.45, 7) is 2.07. The van der Waals surface area contributed by atoms with Crippen LogP contribution in [0.4, 0.5) is 5.69 Å². The third kappa shape index (κ3) is 2.53. The molecule has 1 aliphatic heterocycles. The molecule has 1 aliphatic rings. The van der Waals surface area contributed by atoms with Gasteiger partial charge in [0.15, 0.2) is 0 Å². The van der Waals surface area contributed by atoms with Crippen molar-refractivity contribution in [3.8, 4) is 0 Å². The Hall–Kier alpha value is -2.30. The van der Waals surface area contributed by atoms with E-state index in [0.29, 0.717) is 16.1 Å². The average molecular weight is 373 g/mol. The summed E-state index contributed by atoms with van der Waals surface area (Å²) in [4.78, 5) is 25.5. The quantitative estimate of drug-likeness (QED) is 0.709. The molecule has 1 aromatic heterocycles. The summed E-state index contributed by atoms with van der Waals surface area (Å²) >= 11 is 12.1. The Morgan fingerprint density at radius 1 is 1.20 bits per heavy atom. The lowest BCUT2D eigenvalue weighted by molar-refractivity contribution is 0.102. The van der Waals surface area contributed by atoms with Crippen LogP contribution in [0.5, 0.6) is 0 Å². The number of nitrogens with one attached hydrogen (secondary N) is 1. The van der Waals surface area contributed by atoms with E-state index < -0.39 is 5.91 Å². The highest BCUT2D eigenvalue weighted by Gasteiger charge is 2.24. The van der Waals surface area contributed by atoms with E-state index in [9.17, 15) is 9.59 Å². The Morgan fingerprint density at radius 3 is 2.76 bits per heavy atom. The minimum absolute atomic E-state index is 0.0921. The second kappa shape index (κ2) is 5.90. The molecule has 2 aromatic carbocycles. The lowest BCUT2D eigenvalue weighted by Gasteiger charge is -2.13. The second-order valence-corrected chi connectivity index (χ2v) is 6.99. The van der Waals surface area contributed by atoms with Crippen molar-refractivity contribution in [3.05, 3.63) is 74.0 Å². The van der Waals surface area contributed by atoms with Crippen LogP contribution in [0.25, 0.3) is 10.9 Å². The molecule has 0 unspecified atom stereocenters. The van der Waals surface area contributed by atoms with E-state index in [2.05, 4.69) is 12.2 Å². The van der Waals surface area contributed by atoms with Gasteiger partial charge in [-0.25, -0.2) is 0 Å². The van der Waals surface area contributed by atoms with Gasteiger partial charge in [-0.05, 0) is 37.1 Å². The number of hydrogen-bond acceptors (Lipinski definition) is 2. The van der Waals surface area contributed by atoms with Crippen LogP contribution in [0, 0.1) is 0 Å². The number of aromatic nitrogens is 1. The van der Waals surface area contributed by atoms with Gasteiger partial charge in [-0.3, -0.25) is 9.59 Å². The number of halogens is 2. The number of amides is 1. The van der Waals surface area contributed by atoms with Gasteiger partial charge in [0.2, 0.25) is 5.43 Å². The minimum Gasteiger partial charge on any atom is -0.343 e. The number of pyridine rings is 1. The first-order chi connectivity index (χ1) is 12.0. The third-order valence-corrected chi connectivity index (χ3v) is 5.39. The molecule has 4 nitrogen and oxygen atoms in total. The van der Waals surface area contributed by atoms with Gasteiger partial charge in [-0.1, -0.05) is 41.4 Å². The molecule has 3 aromatic rings. The van der Waals surface area contributed by atoms with Crippen molar-refractivity contribution in [3.63, 3.8) is 0 Å². The monoisotopic (exact) mass is 372 g/mol. The maximum atomic E-state index is 12.8. The predicted octanol–water partition coefficient (Wildman–Crippen LogP) is 4.68. The molecule has 1 N–H and O–H groups in total. The Bertz CT molecular complexity index is 1090. The zero-order chi connectivity index (χ0) is 17.7. The number of nitrogens with zero attached hydrogens (tertiary/aromatic N) is 1. The molecular formula is C19H14Cl2N2O2. The van der Waals surface area contributed by atoms with E-state index >= 15 is 0 Å². The number of carbonyl (C=O) groups is 1. The van der Waals surface area contributed by atoms with E-state index in [1.54, 1.807) is 30.5 Å². The lowest BCUT2D eigenvalue weighted by Crippen LogP contribution is -2.24. The Labute approximate surface area is 154 Å². The number of para-hydroxylation sites is 1. The Balaban J connectivity index is 1.83. The molecule has 0 spiro atoms. The van der Waals surface area contributed by atoms with Crippen molar-refractivity contribution < 1.29 is 4.79 Å². The van der Waals surface area contributed by atoms with Crippen molar-refractivity contribution in [1.82, 2.24) is 4.57 Å². The van der Waals surface area contributed by atoms with Crippen molar-refractivity contribution in [2.75, 3.05) is 5.32 Å². The number of hydrogen-bond donors (Lipinski definition) is 1. The molecule has 0 radical (unpaired) electrons. The molecule has 1 amide bonds. The first-order valence-corrected chi connectivity index (χ1v) is 8.65. The number of anilines is 1. The summed E-state index contributed by atoms with van der Waals surface area (Å²) in [5.41, 5.74) is 2.23. The lowest BCUT2D eigenvalue weighted by atomic mass is 10.1. The van der Waals surface area contributed by atoms with Crippen molar-refractivity contribution in [2.24, 2.45) is 0 Å². The third-order valence-electron chi connectivity index (χ3n) is 4.57. The minimum atomic E-state index is -0.496. The molecule has 6 heteroatoms. The van der Waals surface area contributed by atoms with Crippen LogP contribution < -0.4 is 10.7 Å². The van der Waals surface area contributed by atoms with Crippen LogP contribution >= 0.6 is 23.2 Å². The summed E-state index contributed by atoms with van der Waals surface area (Å²) < 4.78 is 2.00. The molecule has 0 bridgehead atoms. The zero-order valence-electron chi connectivity index (χ0n) is 13.3. The smallest absolute Gasteiger partial charge is 0.261 e. The van der Waals surface area contributed by atoms with Crippen LogP contribution in [0.2, 0.25) is 10.0 Å². The van der Waals surface area contributed by atoms with Gasteiger partial charge in [0.25, 0.3) is 5.91 Å². The fourth-order valence-electron chi connectivity index (χ4n) is 3.37. The maximum Gasteiger partial charge on any atom is 0.261 e. The molecule has 0 saturated heterocycles. The van der Waals surface area contributed by atoms with Crippen LogP contribution in [-0.4, -0.2) is 10.5 Å². The molecule has 1 atom stereocenters. The highest BCUT2D eigenvalue weighted by molar-refractivity contribution is 6.44. The Kier molecular flexibility index (Phi) is 3.82. The molecule has 2 heterocycles. The van der Waals surface area contributed by atoms with E-state index in [-0.39, 0.29) is 22.1 Å². The fraction of sp³-hybridized carbons (Fsp3) is 0.158. The highest BCUT2D eigenvalue weighted by Crippen LogP contribution is 2.32. The maximum absolute atomic E-state index is 12.8. The first-order valence-electron chi connectivity index (χ1n) is 7.89. The summed E-state index contributed by atoms with van der Waals surface area (Å²) in [6, 6.07) is 10.8. The van der Waals surface area contributed by atoms with E-state index in [0.717, 1.165) is 17.5 Å². The molecule has 126 valence electrons. The zero-order valence-corrected chi connectivity index (χ0v) is 14.9. The van der Waals surface area contributed by atoms with Gasteiger partial charge in [0, 0.05) is 17.6 Å². The Morgan fingerprint density at radius 2 is 1.96 bits per heavy atom. The van der Waals surface area contributed by atoms with Gasteiger partial charge >= 0.3 is 0 Å². The predicted molar refractivity (Wildman–Crippen MR) is 101 cm³/mol. The highest BCUT2D eigenvalue weighted by atomic mass is 35.5. The summed E-state index contributed by atoms with van der Waals surface area (Å²) in [6.07, 6.45) is 2.49. The van der Waals surface area contributed by atoms with Crippen molar-refractivity contribution >= 4 is 45.7 Å². The molecule has 0 aliphatic carbocycles. The van der Waals surface area contributed by atoms with Gasteiger partial charge in [0.05, 0.1) is 21.2 Å². The topological polar surface area (TPSA) is 51.1 Å². The average Bonchev–Trinajstić information content (AvgIpc) is 2.91. The molecule has 0 fully saturated rings. The second-order valence-electron chi connectivity index (χ2n) is 6.20. The van der Waals surface area contributed by atoms with Crippen molar-refractivity contribution in [2.45, 2.75) is 19.4 Å². The van der Waals surface area contributed by atoms with Gasteiger partial charge in [-0.15, -0.1) is 0 Å². The molecule has 0 saturated carbocycles. The van der Waals surface area contributed by atoms with Gasteiger partial charge < -0.3 is 9.88 Å². The van der Waals surface area contributed by atoms with Crippen LogP contribution in [0.1, 0.15) is 28.9 Å². The summed E-state index contributed by atoms with van der Waals surface area (Å²) in [5, 5.41) is 3.84. The van der Waals surface area contributed by atoms with Gasteiger partial charge in [0.1, 0.15) is 5.56 Å². The van der Waals surface area contributed by atoms with Crippen LogP contribution in [-0.2, 0) is 6.42 Å². The molecular weight excluding hydrogens is 359 g/mol. The first kappa shape index (κ1) is 16.2. The fourth-order valence-corrected chi connectivity index (χ4v) is 3.72. The number of carbonyl (C=O) groups excluding carboxylic acids is 1. The van der Waals surface area contributed by atoms with E-state index in [1.807, 2.05) is 16.7 Å².